The third-order valence-electron chi connectivity index (χ3n) is 2.71. The Morgan fingerprint density at radius 2 is 1.75 bits per heavy atom. The summed E-state index contributed by atoms with van der Waals surface area (Å²) in [6.45, 7) is -0.0638. The molecule has 0 radical (unpaired) electrons. The number of hydrogen-bond donors (Lipinski definition) is 2. The topological polar surface area (TPSA) is 72.2 Å². The molecule has 3 N–H and O–H groups in total. The van der Waals surface area contributed by atoms with E-state index in [2.05, 4.69) is 5.32 Å². The molecule has 0 aliphatic carbocycles. The molecule has 0 heterocycles. The molecule has 2 rings (SSSR count). The summed E-state index contributed by atoms with van der Waals surface area (Å²) in [5, 5.41) is 3.20. The number of rotatable bonds is 4. The number of nitrogens with one attached hydrogen (secondary N) is 1. The minimum atomic E-state index is -0.287. The Hall–Kier alpha value is -2.17. The van der Waals surface area contributed by atoms with Crippen LogP contribution in [0.15, 0.2) is 48.5 Å². The molecule has 0 unspecified atom stereocenters. The van der Waals surface area contributed by atoms with E-state index in [-0.39, 0.29) is 18.2 Å². The van der Waals surface area contributed by atoms with Gasteiger partial charge in [0.2, 0.25) is 0 Å². The lowest BCUT2D eigenvalue weighted by atomic mass is 10.1. The van der Waals surface area contributed by atoms with Crippen LogP contribution < -0.4 is 11.1 Å². The summed E-state index contributed by atoms with van der Waals surface area (Å²) in [7, 11) is 0. The van der Waals surface area contributed by atoms with Crippen LogP contribution in [0.4, 0.5) is 5.69 Å². The number of carbonyl (C=O) groups excluding carboxylic acids is 2. The molecule has 102 valence electrons. The second kappa shape index (κ2) is 6.32. The first-order chi connectivity index (χ1) is 9.60. The van der Waals surface area contributed by atoms with Gasteiger partial charge in [0.15, 0.2) is 5.78 Å². The summed E-state index contributed by atoms with van der Waals surface area (Å²) in [4.78, 5) is 23.5. The average Bonchev–Trinajstić information content (AvgIpc) is 2.46. The standard InChI is InChI=1S/C15H13ClN2O2/c16-12-5-1-4-11(7-12)15(20)18-13-6-2-3-10(8-13)14(19)9-17/h1-8H,9,17H2,(H,18,20). The molecule has 5 heteroatoms. The molecule has 0 atom stereocenters. The molecule has 1 amide bonds. The van der Waals surface area contributed by atoms with Crippen LogP contribution >= 0.6 is 11.6 Å². The van der Waals surface area contributed by atoms with E-state index < -0.39 is 0 Å². The summed E-state index contributed by atoms with van der Waals surface area (Å²) < 4.78 is 0. The zero-order valence-electron chi connectivity index (χ0n) is 10.6. The van der Waals surface area contributed by atoms with E-state index in [0.29, 0.717) is 21.8 Å². The van der Waals surface area contributed by atoms with Crippen molar-refractivity contribution in [2.75, 3.05) is 11.9 Å². The quantitative estimate of drug-likeness (QED) is 0.850. The highest BCUT2D eigenvalue weighted by atomic mass is 35.5. The summed E-state index contributed by atoms with van der Waals surface area (Å²) in [5.41, 5.74) is 6.77. The van der Waals surface area contributed by atoms with Crippen molar-refractivity contribution in [3.05, 3.63) is 64.7 Å². The van der Waals surface area contributed by atoms with Crippen LogP contribution in [0.3, 0.4) is 0 Å². The van der Waals surface area contributed by atoms with Crippen molar-refractivity contribution < 1.29 is 9.59 Å². The molecule has 0 aromatic heterocycles. The van der Waals surface area contributed by atoms with Crippen molar-refractivity contribution in [2.45, 2.75) is 0 Å². The van der Waals surface area contributed by atoms with Crippen LogP contribution in [-0.2, 0) is 0 Å². The molecule has 0 aliphatic rings. The zero-order chi connectivity index (χ0) is 14.5. The van der Waals surface area contributed by atoms with Crippen molar-refractivity contribution in [3.63, 3.8) is 0 Å². The molecule has 0 bridgehead atoms. The maximum absolute atomic E-state index is 12.0. The Balaban J connectivity index is 2.18. The largest absolute Gasteiger partial charge is 0.324 e. The lowest BCUT2D eigenvalue weighted by molar-refractivity contribution is 0.0997. The minimum absolute atomic E-state index is 0.0638. The number of ketones is 1. The van der Waals surface area contributed by atoms with Gasteiger partial charge in [-0.05, 0) is 30.3 Å². The van der Waals surface area contributed by atoms with Gasteiger partial charge in [-0.25, -0.2) is 0 Å². The van der Waals surface area contributed by atoms with E-state index in [4.69, 9.17) is 17.3 Å². The van der Waals surface area contributed by atoms with E-state index in [9.17, 15) is 9.59 Å². The van der Waals surface area contributed by atoms with Gasteiger partial charge in [-0.2, -0.15) is 0 Å². The molecular formula is C15H13ClN2O2. The van der Waals surface area contributed by atoms with Crippen LogP contribution in [0, 0.1) is 0 Å². The minimum Gasteiger partial charge on any atom is -0.324 e. The monoisotopic (exact) mass is 288 g/mol. The van der Waals surface area contributed by atoms with Crippen molar-refractivity contribution in [2.24, 2.45) is 5.73 Å². The third-order valence-corrected chi connectivity index (χ3v) is 2.95. The first-order valence-corrected chi connectivity index (χ1v) is 6.38. The highest BCUT2D eigenvalue weighted by Crippen LogP contribution is 2.15. The first kappa shape index (κ1) is 14.2. The molecule has 0 saturated heterocycles. The predicted molar refractivity (Wildman–Crippen MR) is 79.2 cm³/mol. The maximum Gasteiger partial charge on any atom is 0.255 e. The van der Waals surface area contributed by atoms with E-state index in [0.717, 1.165) is 0 Å². The number of halogens is 1. The molecule has 2 aromatic carbocycles. The number of benzene rings is 2. The third kappa shape index (κ3) is 3.44. The number of hydrogen-bond acceptors (Lipinski definition) is 3. The lowest BCUT2D eigenvalue weighted by Gasteiger charge is -2.07. The van der Waals surface area contributed by atoms with Gasteiger partial charge < -0.3 is 11.1 Å². The summed E-state index contributed by atoms with van der Waals surface area (Å²) >= 11 is 5.84. The van der Waals surface area contributed by atoms with Crippen LogP contribution in [0.5, 0.6) is 0 Å². The number of carbonyl (C=O) groups is 2. The molecular weight excluding hydrogens is 276 g/mol. The summed E-state index contributed by atoms with van der Waals surface area (Å²) in [6.07, 6.45) is 0. The van der Waals surface area contributed by atoms with Gasteiger partial charge >= 0.3 is 0 Å². The Morgan fingerprint density at radius 3 is 2.45 bits per heavy atom. The van der Waals surface area contributed by atoms with Gasteiger partial charge in [0.05, 0.1) is 6.54 Å². The highest BCUT2D eigenvalue weighted by Gasteiger charge is 2.08. The van der Waals surface area contributed by atoms with Gasteiger partial charge in [-0.15, -0.1) is 0 Å². The van der Waals surface area contributed by atoms with Gasteiger partial charge in [0, 0.05) is 21.8 Å². The molecule has 20 heavy (non-hydrogen) atoms. The van der Waals surface area contributed by atoms with Gasteiger partial charge in [0.25, 0.3) is 5.91 Å². The van der Waals surface area contributed by atoms with Crippen LogP contribution in [0.25, 0.3) is 0 Å². The molecule has 0 fully saturated rings. The van der Waals surface area contributed by atoms with Gasteiger partial charge in [-0.3, -0.25) is 9.59 Å². The van der Waals surface area contributed by atoms with E-state index in [1.165, 1.54) is 0 Å². The second-order valence-corrected chi connectivity index (χ2v) is 4.61. The van der Waals surface area contributed by atoms with Crippen LogP contribution in [0.1, 0.15) is 20.7 Å². The molecule has 0 spiro atoms. The normalized spacial score (nSPS) is 10.1. The Morgan fingerprint density at radius 1 is 1.05 bits per heavy atom. The number of Topliss-reactive ketones (excluding diaryl/α,β-unsaturated/α-hetero) is 1. The molecule has 4 nitrogen and oxygen atoms in total. The molecule has 0 saturated carbocycles. The smallest absolute Gasteiger partial charge is 0.255 e. The fourth-order valence-electron chi connectivity index (χ4n) is 1.72. The Labute approximate surface area is 121 Å². The van der Waals surface area contributed by atoms with Crippen LogP contribution in [-0.4, -0.2) is 18.2 Å². The van der Waals surface area contributed by atoms with Crippen molar-refractivity contribution >= 4 is 29.0 Å². The number of nitrogens with two attached hydrogens (primary N) is 1. The van der Waals surface area contributed by atoms with E-state index in [1.807, 2.05) is 0 Å². The lowest BCUT2D eigenvalue weighted by Crippen LogP contribution is -2.15. The second-order valence-electron chi connectivity index (χ2n) is 4.17. The highest BCUT2D eigenvalue weighted by molar-refractivity contribution is 6.31. The molecule has 2 aromatic rings. The predicted octanol–water partition coefficient (Wildman–Crippen LogP) is 2.73. The SMILES string of the molecule is NCC(=O)c1cccc(NC(=O)c2cccc(Cl)c2)c1. The number of anilines is 1. The maximum atomic E-state index is 12.0. The number of amides is 1. The Bertz CT molecular complexity index is 656. The van der Waals surface area contributed by atoms with E-state index in [1.54, 1.807) is 48.5 Å². The summed E-state index contributed by atoms with van der Waals surface area (Å²) in [6, 6.07) is 13.3. The van der Waals surface area contributed by atoms with Crippen molar-refractivity contribution in [1.29, 1.82) is 0 Å². The molecule has 0 aliphatic heterocycles. The van der Waals surface area contributed by atoms with Gasteiger partial charge in [-0.1, -0.05) is 29.8 Å². The van der Waals surface area contributed by atoms with Gasteiger partial charge in [0.1, 0.15) is 0 Å². The fraction of sp³-hybridized carbons (Fsp3) is 0.0667. The fourth-order valence-corrected chi connectivity index (χ4v) is 1.91. The average molecular weight is 289 g/mol. The first-order valence-electron chi connectivity index (χ1n) is 6.00. The van der Waals surface area contributed by atoms with Crippen molar-refractivity contribution in [1.82, 2.24) is 0 Å². The van der Waals surface area contributed by atoms with E-state index >= 15 is 0 Å². The van der Waals surface area contributed by atoms with Crippen molar-refractivity contribution in [3.8, 4) is 0 Å². The summed E-state index contributed by atoms with van der Waals surface area (Å²) in [5.74, 6) is -0.464. The Kier molecular flexibility index (Phi) is 4.50. The zero-order valence-corrected chi connectivity index (χ0v) is 11.4. The van der Waals surface area contributed by atoms with Crippen LogP contribution in [0.2, 0.25) is 5.02 Å².